The van der Waals surface area contributed by atoms with E-state index in [4.69, 9.17) is 14.2 Å². The summed E-state index contributed by atoms with van der Waals surface area (Å²) in [5.41, 5.74) is 0. The fourth-order valence-corrected chi connectivity index (χ4v) is 1.29. The molecule has 4 nitrogen and oxygen atoms in total. The second-order valence-electron chi connectivity index (χ2n) is 4.53. The van der Waals surface area contributed by atoms with Gasteiger partial charge in [0.05, 0.1) is 6.61 Å². The smallest absolute Gasteiger partial charge is 0.0590 e. The molecule has 4 heteroatoms. The van der Waals surface area contributed by atoms with Crippen LogP contribution in [-0.4, -0.2) is 53.2 Å². The minimum atomic E-state index is 0.628. The lowest BCUT2D eigenvalue weighted by Crippen LogP contribution is -2.22. The predicted molar refractivity (Wildman–Crippen MR) is 70.5 cm³/mol. The van der Waals surface area contributed by atoms with Crippen LogP contribution in [0.4, 0.5) is 0 Å². The zero-order valence-electron chi connectivity index (χ0n) is 11.7. The lowest BCUT2D eigenvalue weighted by atomic mass is 10.2. The number of methoxy groups -OCH3 is 1. The first-order valence-electron chi connectivity index (χ1n) is 6.62. The molecule has 0 radical (unpaired) electrons. The first kappa shape index (κ1) is 16.8. The average molecular weight is 247 g/mol. The van der Waals surface area contributed by atoms with Crippen molar-refractivity contribution in [1.29, 1.82) is 0 Å². The number of hydrogen-bond donors (Lipinski definition) is 1. The molecule has 0 amide bonds. The van der Waals surface area contributed by atoms with Crippen molar-refractivity contribution in [3.63, 3.8) is 0 Å². The Morgan fingerprint density at radius 2 is 1.65 bits per heavy atom. The highest BCUT2D eigenvalue weighted by Gasteiger charge is 1.94. The van der Waals surface area contributed by atoms with Gasteiger partial charge >= 0.3 is 0 Å². The molecule has 0 unspecified atom stereocenters. The zero-order chi connectivity index (χ0) is 12.8. The highest BCUT2D eigenvalue weighted by Crippen LogP contribution is 1.92. The van der Waals surface area contributed by atoms with Crippen LogP contribution in [0.15, 0.2) is 0 Å². The van der Waals surface area contributed by atoms with Gasteiger partial charge in [-0.05, 0) is 25.3 Å². The van der Waals surface area contributed by atoms with Gasteiger partial charge in [-0.15, -0.1) is 0 Å². The van der Waals surface area contributed by atoms with Gasteiger partial charge in [-0.2, -0.15) is 0 Å². The van der Waals surface area contributed by atoms with Crippen molar-refractivity contribution < 1.29 is 14.2 Å². The maximum absolute atomic E-state index is 5.48. The molecule has 0 saturated carbocycles. The number of rotatable bonds is 13. The molecule has 1 N–H and O–H groups in total. The number of ether oxygens (including phenoxy) is 3. The van der Waals surface area contributed by atoms with Crippen LogP contribution < -0.4 is 5.32 Å². The highest BCUT2D eigenvalue weighted by molar-refractivity contribution is 4.47. The minimum Gasteiger partial charge on any atom is -0.385 e. The lowest BCUT2D eigenvalue weighted by molar-refractivity contribution is 0.0995. The summed E-state index contributed by atoms with van der Waals surface area (Å²) in [6.45, 7) is 10.3. The molecule has 0 rings (SSSR count). The third kappa shape index (κ3) is 15.8. The maximum Gasteiger partial charge on any atom is 0.0590 e. The van der Waals surface area contributed by atoms with E-state index in [1.165, 1.54) is 0 Å². The van der Waals surface area contributed by atoms with Crippen molar-refractivity contribution in [2.24, 2.45) is 5.92 Å². The molecule has 0 saturated heterocycles. The standard InChI is InChI=1S/C13H29NO3/c1-13(2)12-17-9-4-6-14-7-11-16-10-5-8-15-3/h13-14H,4-12H2,1-3H3. The first-order chi connectivity index (χ1) is 8.27. The van der Waals surface area contributed by atoms with E-state index >= 15 is 0 Å². The van der Waals surface area contributed by atoms with Crippen LogP contribution in [0, 0.1) is 5.92 Å². The van der Waals surface area contributed by atoms with Crippen molar-refractivity contribution >= 4 is 0 Å². The summed E-state index contributed by atoms with van der Waals surface area (Å²) in [6, 6.07) is 0. The van der Waals surface area contributed by atoms with E-state index in [9.17, 15) is 0 Å². The molecule has 0 atom stereocenters. The minimum absolute atomic E-state index is 0.628. The SMILES string of the molecule is COCCCOCCNCCCOCC(C)C. The predicted octanol–water partition coefficient (Wildman–Crippen LogP) is 1.69. The molecular formula is C13H29NO3. The largest absolute Gasteiger partial charge is 0.385 e. The molecule has 0 spiro atoms. The van der Waals surface area contributed by atoms with Gasteiger partial charge in [-0.1, -0.05) is 13.8 Å². The summed E-state index contributed by atoms with van der Waals surface area (Å²) in [6.07, 6.45) is 2.04. The van der Waals surface area contributed by atoms with Crippen LogP contribution in [0.3, 0.4) is 0 Å². The first-order valence-corrected chi connectivity index (χ1v) is 6.62. The fraction of sp³-hybridized carbons (Fsp3) is 1.00. The molecule has 0 heterocycles. The lowest BCUT2D eigenvalue weighted by Gasteiger charge is -2.08. The monoisotopic (exact) mass is 247 g/mol. The van der Waals surface area contributed by atoms with Crippen molar-refractivity contribution in [1.82, 2.24) is 5.32 Å². The summed E-state index contributed by atoms with van der Waals surface area (Å²) in [5.74, 6) is 0.628. The van der Waals surface area contributed by atoms with E-state index in [1.54, 1.807) is 7.11 Å². The van der Waals surface area contributed by atoms with Crippen LogP contribution in [0.2, 0.25) is 0 Å². The molecule has 0 aliphatic carbocycles. The molecule has 17 heavy (non-hydrogen) atoms. The highest BCUT2D eigenvalue weighted by atomic mass is 16.5. The Morgan fingerprint density at radius 1 is 0.882 bits per heavy atom. The molecule has 0 aliphatic rings. The van der Waals surface area contributed by atoms with E-state index < -0.39 is 0 Å². The molecule has 0 fully saturated rings. The molecule has 0 aliphatic heterocycles. The zero-order valence-corrected chi connectivity index (χ0v) is 11.7. The van der Waals surface area contributed by atoms with Gasteiger partial charge < -0.3 is 19.5 Å². The van der Waals surface area contributed by atoms with Gasteiger partial charge in [0.25, 0.3) is 0 Å². The third-order valence-electron chi connectivity index (χ3n) is 2.15. The van der Waals surface area contributed by atoms with Crippen molar-refractivity contribution in [3.05, 3.63) is 0 Å². The Bertz CT molecular complexity index is 143. The summed E-state index contributed by atoms with van der Waals surface area (Å²) in [4.78, 5) is 0. The normalized spacial score (nSPS) is 11.3. The molecule has 0 bridgehead atoms. The summed E-state index contributed by atoms with van der Waals surface area (Å²) in [5, 5.41) is 3.33. The van der Waals surface area contributed by atoms with Crippen molar-refractivity contribution in [3.8, 4) is 0 Å². The van der Waals surface area contributed by atoms with Crippen LogP contribution in [0.5, 0.6) is 0 Å². The van der Waals surface area contributed by atoms with Crippen LogP contribution in [0.25, 0.3) is 0 Å². The average Bonchev–Trinajstić information content (AvgIpc) is 2.30. The van der Waals surface area contributed by atoms with Crippen LogP contribution in [-0.2, 0) is 14.2 Å². The summed E-state index contributed by atoms with van der Waals surface area (Å²) in [7, 11) is 1.71. The van der Waals surface area contributed by atoms with E-state index in [0.29, 0.717) is 5.92 Å². The van der Waals surface area contributed by atoms with Gasteiger partial charge in [-0.3, -0.25) is 0 Å². The van der Waals surface area contributed by atoms with Crippen LogP contribution in [0.1, 0.15) is 26.7 Å². The molecular weight excluding hydrogens is 218 g/mol. The quantitative estimate of drug-likeness (QED) is 0.503. The van der Waals surface area contributed by atoms with E-state index in [2.05, 4.69) is 19.2 Å². The number of nitrogens with one attached hydrogen (secondary N) is 1. The Labute approximate surface area is 106 Å². The Morgan fingerprint density at radius 3 is 2.35 bits per heavy atom. The fourth-order valence-electron chi connectivity index (χ4n) is 1.29. The summed E-state index contributed by atoms with van der Waals surface area (Å²) >= 11 is 0. The van der Waals surface area contributed by atoms with E-state index in [0.717, 1.165) is 59.0 Å². The topological polar surface area (TPSA) is 39.7 Å². The second-order valence-corrected chi connectivity index (χ2v) is 4.53. The van der Waals surface area contributed by atoms with Crippen molar-refractivity contribution in [2.75, 3.05) is 53.2 Å². The van der Waals surface area contributed by atoms with E-state index in [-0.39, 0.29) is 0 Å². The molecule has 104 valence electrons. The Balaban J connectivity index is 2.89. The third-order valence-corrected chi connectivity index (χ3v) is 2.15. The van der Waals surface area contributed by atoms with Gasteiger partial charge in [0, 0.05) is 40.1 Å². The van der Waals surface area contributed by atoms with Gasteiger partial charge in [0.1, 0.15) is 0 Å². The van der Waals surface area contributed by atoms with Gasteiger partial charge in [-0.25, -0.2) is 0 Å². The van der Waals surface area contributed by atoms with Gasteiger partial charge in [0.15, 0.2) is 0 Å². The Kier molecular flexibility index (Phi) is 13.8. The van der Waals surface area contributed by atoms with Crippen LogP contribution >= 0.6 is 0 Å². The maximum atomic E-state index is 5.48. The molecule has 0 aromatic heterocycles. The Hall–Kier alpha value is -0.160. The van der Waals surface area contributed by atoms with Crippen molar-refractivity contribution in [2.45, 2.75) is 26.7 Å². The van der Waals surface area contributed by atoms with E-state index in [1.807, 2.05) is 0 Å². The second kappa shape index (κ2) is 13.9. The molecule has 0 aromatic rings. The number of hydrogen-bond acceptors (Lipinski definition) is 4. The summed E-state index contributed by atoms with van der Waals surface area (Å²) < 4.78 is 15.8. The van der Waals surface area contributed by atoms with Gasteiger partial charge in [0.2, 0.25) is 0 Å². The molecule has 0 aromatic carbocycles.